The van der Waals surface area contributed by atoms with Gasteiger partial charge in [0.2, 0.25) is 0 Å². The van der Waals surface area contributed by atoms with Gasteiger partial charge in [0.05, 0.1) is 0 Å². The summed E-state index contributed by atoms with van der Waals surface area (Å²) in [5.41, 5.74) is 2.73. The third-order valence-electron chi connectivity index (χ3n) is 3.97. The van der Waals surface area contributed by atoms with Crippen molar-refractivity contribution in [2.75, 3.05) is 0 Å². The van der Waals surface area contributed by atoms with Crippen LogP contribution >= 0.6 is 0 Å². The first-order chi connectivity index (χ1) is 7.02. The van der Waals surface area contributed by atoms with E-state index in [4.69, 9.17) is 0 Å². The molecular weight excluding hydrogens is 184 g/mol. The predicted molar refractivity (Wildman–Crippen MR) is 64.7 cm³/mol. The van der Waals surface area contributed by atoms with Gasteiger partial charge in [-0.2, -0.15) is 0 Å². The van der Waals surface area contributed by atoms with Gasteiger partial charge in [-0.3, -0.25) is 4.79 Å². The van der Waals surface area contributed by atoms with Gasteiger partial charge in [0.15, 0.2) is 0 Å². The van der Waals surface area contributed by atoms with Crippen molar-refractivity contribution in [1.29, 1.82) is 0 Å². The molecule has 0 amide bonds. The van der Waals surface area contributed by atoms with E-state index in [0.717, 1.165) is 31.1 Å². The normalized spacial score (nSPS) is 25.2. The fourth-order valence-electron chi connectivity index (χ4n) is 2.16. The van der Waals surface area contributed by atoms with Crippen molar-refractivity contribution in [3.8, 4) is 0 Å². The second-order valence-electron chi connectivity index (χ2n) is 5.03. The third kappa shape index (κ3) is 2.58. The van der Waals surface area contributed by atoms with E-state index >= 15 is 0 Å². The van der Waals surface area contributed by atoms with Crippen LogP contribution in [0.4, 0.5) is 0 Å². The maximum Gasteiger partial charge on any atom is 0.145 e. The Balaban J connectivity index is 2.63. The zero-order chi connectivity index (χ0) is 11.5. The fraction of sp³-hybridized carbons (Fsp3) is 0.643. The van der Waals surface area contributed by atoms with E-state index in [2.05, 4.69) is 32.9 Å². The molecule has 0 spiro atoms. The Morgan fingerprint density at radius 2 is 2.27 bits per heavy atom. The Hall–Kier alpha value is -0.850. The summed E-state index contributed by atoms with van der Waals surface area (Å²) >= 11 is 0. The molecule has 0 radical (unpaired) electrons. The quantitative estimate of drug-likeness (QED) is 0.387. The third-order valence-corrected chi connectivity index (χ3v) is 3.97. The van der Waals surface area contributed by atoms with E-state index in [1.54, 1.807) is 0 Å². The lowest BCUT2D eigenvalue weighted by molar-refractivity contribution is -0.105. The summed E-state index contributed by atoms with van der Waals surface area (Å²) in [5.74, 6) is 0.666. The SMILES string of the molecule is CC/C(C=O)=C\C[C@H]1CC=C(C)C1(C)C. The van der Waals surface area contributed by atoms with E-state index in [0.29, 0.717) is 11.3 Å². The van der Waals surface area contributed by atoms with Gasteiger partial charge >= 0.3 is 0 Å². The molecule has 0 heterocycles. The van der Waals surface area contributed by atoms with Crippen LogP contribution in [0, 0.1) is 11.3 Å². The van der Waals surface area contributed by atoms with Crippen molar-refractivity contribution in [3.63, 3.8) is 0 Å². The van der Waals surface area contributed by atoms with Gasteiger partial charge in [-0.05, 0) is 43.1 Å². The molecular formula is C14H22O. The molecule has 1 atom stereocenters. The van der Waals surface area contributed by atoms with Crippen molar-refractivity contribution in [2.24, 2.45) is 11.3 Å². The largest absolute Gasteiger partial charge is 0.298 e. The molecule has 0 fully saturated rings. The topological polar surface area (TPSA) is 17.1 Å². The van der Waals surface area contributed by atoms with Gasteiger partial charge in [-0.1, -0.05) is 38.5 Å². The lowest BCUT2D eigenvalue weighted by Gasteiger charge is -2.29. The summed E-state index contributed by atoms with van der Waals surface area (Å²) in [6, 6.07) is 0. The van der Waals surface area contributed by atoms with E-state index in [9.17, 15) is 4.79 Å². The average Bonchev–Trinajstić information content (AvgIpc) is 2.45. The summed E-state index contributed by atoms with van der Waals surface area (Å²) in [6.45, 7) is 8.85. The first-order valence-electron chi connectivity index (χ1n) is 5.83. The minimum absolute atomic E-state index is 0.304. The second-order valence-corrected chi connectivity index (χ2v) is 5.03. The number of hydrogen-bond acceptors (Lipinski definition) is 1. The number of rotatable bonds is 4. The summed E-state index contributed by atoms with van der Waals surface area (Å²) in [4.78, 5) is 10.7. The molecule has 1 aliphatic rings. The van der Waals surface area contributed by atoms with Crippen molar-refractivity contribution in [1.82, 2.24) is 0 Å². The number of allylic oxidation sites excluding steroid dienone is 4. The highest BCUT2D eigenvalue weighted by molar-refractivity contribution is 5.72. The number of hydrogen-bond donors (Lipinski definition) is 0. The summed E-state index contributed by atoms with van der Waals surface area (Å²) in [7, 11) is 0. The Bertz CT molecular complexity index is 294. The van der Waals surface area contributed by atoms with Crippen molar-refractivity contribution >= 4 is 6.29 Å². The summed E-state index contributed by atoms with van der Waals surface area (Å²) in [6.07, 6.45) is 8.48. The molecule has 0 aliphatic heterocycles. The van der Waals surface area contributed by atoms with Crippen molar-refractivity contribution in [3.05, 3.63) is 23.3 Å². The smallest absolute Gasteiger partial charge is 0.145 e. The van der Waals surface area contributed by atoms with Gasteiger partial charge in [-0.25, -0.2) is 0 Å². The van der Waals surface area contributed by atoms with Gasteiger partial charge in [0, 0.05) is 0 Å². The van der Waals surface area contributed by atoms with Crippen LogP contribution in [0.25, 0.3) is 0 Å². The molecule has 84 valence electrons. The highest BCUT2D eigenvalue weighted by Gasteiger charge is 2.33. The molecule has 0 N–H and O–H groups in total. The average molecular weight is 206 g/mol. The Labute approximate surface area is 93.3 Å². The van der Waals surface area contributed by atoms with Gasteiger partial charge in [0.1, 0.15) is 6.29 Å². The molecule has 0 unspecified atom stereocenters. The predicted octanol–water partition coefficient (Wildman–Crippen LogP) is 3.90. The number of aldehydes is 1. The minimum Gasteiger partial charge on any atom is -0.298 e. The number of carbonyl (C=O) groups excluding carboxylic acids is 1. The molecule has 1 aliphatic carbocycles. The lowest BCUT2D eigenvalue weighted by atomic mass is 9.76. The molecule has 1 rings (SSSR count). The van der Waals surface area contributed by atoms with Crippen LogP contribution in [0.15, 0.2) is 23.3 Å². The minimum atomic E-state index is 0.304. The van der Waals surface area contributed by atoms with E-state index < -0.39 is 0 Å². The van der Waals surface area contributed by atoms with Crippen LogP contribution in [0.3, 0.4) is 0 Å². The molecule has 1 heteroatoms. The molecule has 0 saturated carbocycles. The maximum absolute atomic E-state index is 10.7. The molecule has 0 aromatic heterocycles. The fourth-order valence-corrected chi connectivity index (χ4v) is 2.16. The van der Waals surface area contributed by atoms with Crippen molar-refractivity contribution in [2.45, 2.75) is 47.0 Å². The first kappa shape index (κ1) is 12.2. The molecule has 0 aromatic rings. The molecule has 1 nitrogen and oxygen atoms in total. The zero-order valence-corrected chi connectivity index (χ0v) is 10.3. The maximum atomic E-state index is 10.7. The summed E-state index contributed by atoms with van der Waals surface area (Å²) in [5, 5.41) is 0. The zero-order valence-electron chi connectivity index (χ0n) is 10.3. The highest BCUT2D eigenvalue weighted by atomic mass is 16.1. The van der Waals surface area contributed by atoms with Crippen LogP contribution < -0.4 is 0 Å². The second kappa shape index (κ2) is 4.78. The van der Waals surface area contributed by atoms with Gasteiger partial charge < -0.3 is 0 Å². The molecule has 0 aromatic carbocycles. The van der Waals surface area contributed by atoms with Gasteiger partial charge in [-0.15, -0.1) is 0 Å². The Morgan fingerprint density at radius 3 is 2.67 bits per heavy atom. The van der Waals surface area contributed by atoms with Gasteiger partial charge in [0.25, 0.3) is 0 Å². The van der Waals surface area contributed by atoms with Crippen LogP contribution in [0.5, 0.6) is 0 Å². The lowest BCUT2D eigenvalue weighted by Crippen LogP contribution is -2.19. The van der Waals surface area contributed by atoms with Crippen molar-refractivity contribution < 1.29 is 4.79 Å². The van der Waals surface area contributed by atoms with E-state index in [1.807, 2.05) is 6.92 Å². The first-order valence-corrected chi connectivity index (χ1v) is 5.83. The van der Waals surface area contributed by atoms with E-state index in [1.165, 1.54) is 5.57 Å². The van der Waals surface area contributed by atoms with Crippen LogP contribution in [-0.2, 0) is 4.79 Å². The monoisotopic (exact) mass is 206 g/mol. The highest BCUT2D eigenvalue weighted by Crippen LogP contribution is 2.44. The Morgan fingerprint density at radius 1 is 1.60 bits per heavy atom. The molecule has 15 heavy (non-hydrogen) atoms. The molecule has 0 bridgehead atoms. The summed E-state index contributed by atoms with van der Waals surface area (Å²) < 4.78 is 0. The van der Waals surface area contributed by atoms with Crippen LogP contribution in [0.1, 0.15) is 47.0 Å². The molecule has 0 saturated heterocycles. The van der Waals surface area contributed by atoms with Crippen LogP contribution in [0.2, 0.25) is 0 Å². The van der Waals surface area contributed by atoms with Crippen LogP contribution in [-0.4, -0.2) is 6.29 Å². The van der Waals surface area contributed by atoms with E-state index in [-0.39, 0.29) is 0 Å². The Kier molecular flexibility index (Phi) is 3.90. The number of carbonyl (C=O) groups is 1. The standard InChI is InChI=1S/C14H22O/c1-5-12(10-15)7-9-13-8-6-11(2)14(13,3)4/h6-7,10,13H,5,8-9H2,1-4H3/b12-7+/t13-/m1/s1.